The molecule has 5 nitrogen and oxygen atoms in total. The molecule has 5 heteroatoms. The number of nitrogens with zero attached hydrogens (tertiary/aromatic N) is 3. The first-order valence-corrected chi connectivity index (χ1v) is 7.02. The van der Waals surface area contributed by atoms with E-state index in [1.165, 1.54) is 0 Å². The molecule has 0 aromatic carbocycles. The van der Waals surface area contributed by atoms with Crippen LogP contribution in [0.4, 0.5) is 5.82 Å². The largest absolute Gasteiger partial charge is 0.364 e. The van der Waals surface area contributed by atoms with Gasteiger partial charge in [0, 0.05) is 54.2 Å². The van der Waals surface area contributed by atoms with Gasteiger partial charge in [-0.2, -0.15) is 0 Å². The summed E-state index contributed by atoms with van der Waals surface area (Å²) in [7, 11) is 0. The summed E-state index contributed by atoms with van der Waals surface area (Å²) >= 11 is 0. The van der Waals surface area contributed by atoms with Crippen molar-refractivity contribution in [1.29, 1.82) is 0 Å². The molecule has 4 rings (SSSR count). The molecular weight excluding hydrogens is 262 g/mol. The summed E-state index contributed by atoms with van der Waals surface area (Å²) in [6.07, 6.45) is 7.26. The molecule has 0 unspecified atom stereocenters. The lowest BCUT2D eigenvalue weighted by Gasteiger charge is -2.29. The van der Waals surface area contributed by atoms with Gasteiger partial charge in [-0.05, 0) is 24.3 Å². The summed E-state index contributed by atoms with van der Waals surface area (Å²) in [5, 5.41) is 8.98. The van der Waals surface area contributed by atoms with E-state index < -0.39 is 0 Å². The minimum Gasteiger partial charge on any atom is -0.364 e. The highest BCUT2D eigenvalue weighted by Gasteiger charge is 2.18. The third kappa shape index (κ3) is 2.32. The van der Waals surface area contributed by atoms with Gasteiger partial charge in [0.25, 0.3) is 0 Å². The van der Waals surface area contributed by atoms with Gasteiger partial charge in [0.1, 0.15) is 5.82 Å². The van der Waals surface area contributed by atoms with Gasteiger partial charge in [-0.25, -0.2) is 4.98 Å². The summed E-state index contributed by atoms with van der Waals surface area (Å²) in [5.74, 6) is 0.924. The number of hydrogen-bond acceptors (Lipinski definition) is 5. The molecule has 1 saturated heterocycles. The smallest absolute Gasteiger partial charge is 0.134 e. The third-order valence-electron chi connectivity index (χ3n) is 3.73. The van der Waals surface area contributed by atoms with E-state index in [4.69, 9.17) is 4.98 Å². The molecule has 1 aliphatic rings. The van der Waals surface area contributed by atoms with E-state index in [1.54, 1.807) is 18.6 Å². The lowest BCUT2D eigenvalue weighted by atomic mass is 10.1. The number of anilines is 1. The summed E-state index contributed by atoms with van der Waals surface area (Å²) in [6, 6.07) is 8.47. The van der Waals surface area contributed by atoms with Crippen molar-refractivity contribution < 1.29 is 0 Å². The predicted molar refractivity (Wildman–Crippen MR) is 83.0 cm³/mol. The Bertz CT molecular complexity index is 768. The Balaban J connectivity index is 1.84. The van der Waals surface area contributed by atoms with E-state index in [1.807, 2.05) is 24.4 Å². The molecule has 0 aliphatic carbocycles. The molecule has 0 saturated carbocycles. The summed E-state index contributed by atoms with van der Waals surface area (Å²) in [5.41, 5.74) is 2.00. The zero-order valence-electron chi connectivity index (χ0n) is 11.5. The van der Waals surface area contributed by atoms with Crippen molar-refractivity contribution in [2.45, 2.75) is 6.04 Å². The minimum absolute atomic E-state index is 0.446. The highest BCUT2D eigenvalue weighted by molar-refractivity contribution is 5.94. The molecule has 0 radical (unpaired) electrons. The van der Waals surface area contributed by atoms with Crippen molar-refractivity contribution in [2.24, 2.45) is 0 Å². The SMILES string of the molecule is c1cc(-c2cc3cnccc3c(NC3CNC3)n2)ccn1. The molecule has 3 aromatic rings. The van der Waals surface area contributed by atoms with E-state index >= 15 is 0 Å². The second-order valence-electron chi connectivity index (χ2n) is 5.19. The van der Waals surface area contributed by atoms with Crippen molar-refractivity contribution in [3.8, 4) is 11.3 Å². The van der Waals surface area contributed by atoms with Gasteiger partial charge in [-0.3, -0.25) is 9.97 Å². The van der Waals surface area contributed by atoms with Crippen LogP contribution in [-0.2, 0) is 0 Å². The molecule has 2 N–H and O–H groups in total. The fourth-order valence-corrected chi connectivity index (χ4v) is 2.46. The molecule has 0 bridgehead atoms. The highest BCUT2D eigenvalue weighted by Crippen LogP contribution is 2.27. The van der Waals surface area contributed by atoms with Crippen LogP contribution in [0, 0.1) is 0 Å². The van der Waals surface area contributed by atoms with Gasteiger partial charge in [-0.15, -0.1) is 0 Å². The fourth-order valence-electron chi connectivity index (χ4n) is 2.46. The van der Waals surface area contributed by atoms with E-state index in [0.717, 1.165) is 40.9 Å². The molecular formula is C16H15N5. The van der Waals surface area contributed by atoms with Crippen LogP contribution in [0.25, 0.3) is 22.0 Å². The third-order valence-corrected chi connectivity index (χ3v) is 3.73. The Labute approximate surface area is 122 Å². The first kappa shape index (κ1) is 12.2. The normalized spacial score (nSPS) is 14.9. The van der Waals surface area contributed by atoms with Crippen molar-refractivity contribution in [2.75, 3.05) is 18.4 Å². The standard InChI is InChI=1S/C16H15N5/c1-4-17-5-2-11(1)15-7-12-8-18-6-3-14(12)16(21-15)20-13-9-19-10-13/h1-8,13,19H,9-10H2,(H,20,21). The molecule has 4 heterocycles. The number of aromatic nitrogens is 3. The van der Waals surface area contributed by atoms with Crippen molar-refractivity contribution in [3.63, 3.8) is 0 Å². The van der Waals surface area contributed by atoms with Gasteiger partial charge in [0.05, 0.1) is 11.7 Å². The summed E-state index contributed by atoms with van der Waals surface area (Å²) in [4.78, 5) is 13.1. The number of fused-ring (bicyclic) bond motifs is 1. The Morgan fingerprint density at radius 2 is 1.86 bits per heavy atom. The lowest BCUT2D eigenvalue weighted by molar-refractivity contribution is 0.471. The number of hydrogen-bond donors (Lipinski definition) is 2. The van der Waals surface area contributed by atoms with Crippen LogP contribution >= 0.6 is 0 Å². The lowest BCUT2D eigenvalue weighted by Crippen LogP contribution is -2.51. The zero-order chi connectivity index (χ0) is 14.1. The van der Waals surface area contributed by atoms with Crippen LogP contribution in [-0.4, -0.2) is 34.1 Å². The molecule has 1 aliphatic heterocycles. The quantitative estimate of drug-likeness (QED) is 0.767. The molecule has 1 fully saturated rings. The second-order valence-corrected chi connectivity index (χ2v) is 5.19. The van der Waals surface area contributed by atoms with Crippen LogP contribution in [0.3, 0.4) is 0 Å². The maximum absolute atomic E-state index is 4.80. The average molecular weight is 277 g/mol. The van der Waals surface area contributed by atoms with Crippen molar-refractivity contribution in [3.05, 3.63) is 49.1 Å². The zero-order valence-corrected chi connectivity index (χ0v) is 11.5. The second kappa shape index (κ2) is 5.10. The van der Waals surface area contributed by atoms with Gasteiger partial charge in [-0.1, -0.05) is 0 Å². The van der Waals surface area contributed by atoms with Gasteiger partial charge in [0.2, 0.25) is 0 Å². The molecule has 0 atom stereocenters. The van der Waals surface area contributed by atoms with Crippen LogP contribution in [0.2, 0.25) is 0 Å². The fraction of sp³-hybridized carbons (Fsp3) is 0.188. The molecule has 104 valence electrons. The molecule has 0 amide bonds. The van der Waals surface area contributed by atoms with Crippen LogP contribution in [0.5, 0.6) is 0 Å². The van der Waals surface area contributed by atoms with E-state index in [9.17, 15) is 0 Å². The maximum atomic E-state index is 4.80. The van der Waals surface area contributed by atoms with Gasteiger partial charge in [0.15, 0.2) is 0 Å². The monoisotopic (exact) mass is 277 g/mol. The van der Waals surface area contributed by atoms with Crippen molar-refractivity contribution >= 4 is 16.6 Å². The van der Waals surface area contributed by atoms with Crippen LogP contribution < -0.4 is 10.6 Å². The van der Waals surface area contributed by atoms with E-state index in [2.05, 4.69) is 26.7 Å². The topological polar surface area (TPSA) is 62.7 Å². The Morgan fingerprint density at radius 3 is 2.62 bits per heavy atom. The Morgan fingerprint density at radius 1 is 1.05 bits per heavy atom. The highest BCUT2D eigenvalue weighted by atomic mass is 15.1. The summed E-state index contributed by atoms with van der Waals surface area (Å²) in [6.45, 7) is 1.96. The molecule has 3 aromatic heterocycles. The maximum Gasteiger partial charge on any atom is 0.134 e. The summed E-state index contributed by atoms with van der Waals surface area (Å²) < 4.78 is 0. The number of nitrogens with one attached hydrogen (secondary N) is 2. The van der Waals surface area contributed by atoms with Gasteiger partial charge < -0.3 is 10.6 Å². The van der Waals surface area contributed by atoms with E-state index in [-0.39, 0.29) is 0 Å². The number of rotatable bonds is 3. The molecule has 21 heavy (non-hydrogen) atoms. The Hall–Kier alpha value is -2.53. The van der Waals surface area contributed by atoms with Crippen LogP contribution in [0.1, 0.15) is 0 Å². The predicted octanol–water partition coefficient (Wildman–Crippen LogP) is 2.08. The first-order valence-electron chi connectivity index (χ1n) is 7.02. The first-order chi connectivity index (χ1) is 10.4. The molecule has 0 spiro atoms. The van der Waals surface area contributed by atoms with Gasteiger partial charge >= 0.3 is 0 Å². The van der Waals surface area contributed by atoms with E-state index in [0.29, 0.717) is 6.04 Å². The Kier molecular flexibility index (Phi) is 2.97. The minimum atomic E-state index is 0.446. The van der Waals surface area contributed by atoms with Crippen LogP contribution in [0.15, 0.2) is 49.1 Å². The average Bonchev–Trinajstić information content (AvgIpc) is 2.51. The number of pyridine rings is 3. The van der Waals surface area contributed by atoms with Crippen molar-refractivity contribution in [1.82, 2.24) is 20.3 Å².